The molecule has 196 valence electrons. The number of aromatic nitrogens is 2. The maximum atomic E-state index is 14.7. The van der Waals surface area contributed by atoms with Gasteiger partial charge >= 0.3 is 0 Å². The predicted molar refractivity (Wildman–Crippen MR) is 143 cm³/mol. The van der Waals surface area contributed by atoms with Gasteiger partial charge in [0.25, 0.3) is 5.69 Å². The van der Waals surface area contributed by atoms with Crippen LogP contribution in [-0.4, -0.2) is 21.6 Å². The molecule has 38 heavy (non-hydrogen) atoms. The molecule has 3 aromatic carbocycles. The van der Waals surface area contributed by atoms with Crippen molar-refractivity contribution in [1.29, 1.82) is 0 Å². The first-order valence-electron chi connectivity index (χ1n) is 12.3. The maximum absolute atomic E-state index is 14.7. The molecule has 4 aromatic rings. The molecule has 0 saturated heterocycles. The van der Waals surface area contributed by atoms with Gasteiger partial charge in [-0.3, -0.25) is 14.7 Å². The molecule has 1 heterocycles. The fourth-order valence-corrected chi connectivity index (χ4v) is 6.40. The SMILES string of the molecule is COc1ccc(C2(C)CCCc3nc(SCc4c(F)cccc4[N+](=O)[O-])n(-c4ccc(F)cc4)c32)cc1C. The molecule has 1 atom stereocenters. The first-order chi connectivity index (χ1) is 18.2. The average Bonchev–Trinajstić information content (AvgIpc) is 3.28. The van der Waals surface area contributed by atoms with Crippen LogP contribution in [0.1, 0.15) is 47.8 Å². The van der Waals surface area contributed by atoms with E-state index in [-0.39, 0.29) is 22.8 Å². The van der Waals surface area contributed by atoms with Crippen LogP contribution in [0.4, 0.5) is 14.5 Å². The third-order valence-corrected chi connectivity index (χ3v) is 8.25. The molecule has 1 aliphatic carbocycles. The van der Waals surface area contributed by atoms with Crippen LogP contribution in [0.5, 0.6) is 5.75 Å². The average molecular weight is 536 g/mol. The maximum Gasteiger partial charge on any atom is 0.276 e. The molecule has 1 aromatic heterocycles. The number of methoxy groups -OCH3 is 1. The van der Waals surface area contributed by atoms with Crippen molar-refractivity contribution in [2.45, 2.75) is 49.4 Å². The highest BCUT2D eigenvalue weighted by Crippen LogP contribution is 2.46. The smallest absolute Gasteiger partial charge is 0.276 e. The number of fused-ring (bicyclic) bond motifs is 1. The number of halogens is 2. The molecule has 0 aliphatic heterocycles. The molecular weight excluding hydrogens is 508 g/mol. The van der Waals surface area contributed by atoms with Crippen molar-refractivity contribution in [3.63, 3.8) is 0 Å². The van der Waals surface area contributed by atoms with Crippen molar-refractivity contribution >= 4 is 17.4 Å². The van der Waals surface area contributed by atoms with Crippen LogP contribution in [0.2, 0.25) is 0 Å². The second-order valence-electron chi connectivity index (χ2n) is 9.65. The predicted octanol–water partition coefficient (Wildman–Crippen LogP) is 7.31. The minimum absolute atomic E-state index is 0.0164. The largest absolute Gasteiger partial charge is 0.496 e. The fourth-order valence-electron chi connectivity index (χ4n) is 5.34. The van der Waals surface area contributed by atoms with Crippen LogP contribution in [0.3, 0.4) is 0 Å². The van der Waals surface area contributed by atoms with E-state index in [4.69, 9.17) is 9.72 Å². The number of benzene rings is 3. The summed E-state index contributed by atoms with van der Waals surface area (Å²) in [4.78, 5) is 15.9. The molecule has 0 saturated carbocycles. The molecule has 0 spiro atoms. The van der Waals surface area contributed by atoms with Crippen molar-refractivity contribution in [1.82, 2.24) is 9.55 Å². The Kier molecular flexibility index (Phi) is 6.96. The minimum Gasteiger partial charge on any atom is -0.496 e. The summed E-state index contributed by atoms with van der Waals surface area (Å²) in [6.07, 6.45) is 2.57. The number of ether oxygens (including phenoxy) is 1. The quantitative estimate of drug-likeness (QED) is 0.141. The van der Waals surface area contributed by atoms with Crippen molar-refractivity contribution in [2.75, 3.05) is 7.11 Å². The third-order valence-electron chi connectivity index (χ3n) is 7.29. The number of hydrogen-bond acceptors (Lipinski definition) is 5. The molecule has 6 nitrogen and oxygen atoms in total. The Bertz CT molecular complexity index is 1520. The number of aryl methyl sites for hydroxylation is 2. The highest BCUT2D eigenvalue weighted by atomic mass is 32.2. The molecular formula is C29H27F2N3O3S. The first kappa shape index (κ1) is 25.9. The summed E-state index contributed by atoms with van der Waals surface area (Å²) < 4.78 is 36.0. The molecule has 1 unspecified atom stereocenters. The summed E-state index contributed by atoms with van der Waals surface area (Å²) in [7, 11) is 1.65. The Labute approximate surface area is 223 Å². The Morgan fingerprint density at radius 3 is 2.61 bits per heavy atom. The number of nitrogens with zero attached hydrogens (tertiary/aromatic N) is 3. The van der Waals surface area contributed by atoms with Gasteiger partial charge in [-0.1, -0.05) is 30.0 Å². The van der Waals surface area contributed by atoms with Crippen LogP contribution in [-0.2, 0) is 17.6 Å². The zero-order chi connectivity index (χ0) is 27.0. The van der Waals surface area contributed by atoms with Gasteiger partial charge in [0.1, 0.15) is 17.4 Å². The van der Waals surface area contributed by atoms with Crippen LogP contribution in [0.25, 0.3) is 5.69 Å². The molecule has 1 aliphatic rings. The molecule has 0 radical (unpaired) electrons. The van der Waals surface area contributed by atoms with Crippen molar-refractivity contribution in [2.24, 2.45) is 0 Å². The van der Waals surface area contributed by atoms with E-state index in [1.165, 1.54) is 42.1 Å². The lowest BCUT2D eigenvalue weighted by Gasteiger charge is -2.36. The Morgan fingerprint density at radius 1 is 1.16 bits per heavy atom. The number of nitro benzene ring substituents is 1. The van der Waals surface area contributed by atoms with Gasteiger partial charge in [-0.25, -0.2) is 13.8 Å². The number of nitro groups is 1. The number of imidazole rings is 1. The Morgan fingerprint density at radius 2 is 1.92 bits per heavy atom. The fraction of sp³-hybridized carbons (Fsp3) is 0.276. The van der Waals surface area contributed by atoms with Crippen LogP contribution in [0, 0.1) is 28.7 Å². The number of thioether (sulfide) groups is 1. The lowest BCUT2D eigenvalue weighted by molar-refractivity contribution is -0.385. The van der Waals surface area contributed by atoms with Gasteiger partial charge in [-0.2, -0.15) is 0 Å². The third kappa shape index (κ3) is 4.55. The van der Waals surface area contributed by atoms with E-state index >= 15 is 0 Å². The minimum atomic E-state index is -0.630. The Balaban J connectivity index is 1.66. The second-order valence-corrected chi connectivity index (χ2v) is 10.6. The van der Waals surface area contributed by atoms with E-state index in [0.717, 1.165) is 53.2 Å². The molecule has 0 fully saturated rings. The van der Waals surface area contributed by atoms with Gasteiger partial charge < -0.3 is 4.74 Å². The monoisotopic (exact) mass is 535 g/mol. The van der Waals surface area contributed by atoms with Gasteiger partial charge in [0, 0.05) is 22.9 Å². The Hall–Kier alpha value is -3.72. The topological polar surface area (TPSA) is 70.2 Å². The normalized spacial score (nSPS) is 16.8. The molecule has 5 rings (SSSR count). The highest BCUT2D eigenvalue weighted by molar-refractivity contribution is 7.98. The van der Waals surface area contributed by atoms with Crippen LogP contribution >= 0.6 is 11.8 Å². The van der Waals surface area contributed by atoms with Crippen molar-refractivity contribution in [3.05, 3.63) is 110 Å². The van der Waals surface area contributed by atoms with E-state index in [1.54, 1.807) is 19.2 Å². The zero-order valence-electron chi connectivity index (χ0n) is 21.3. The van der Waals surface area contributed by atoms with E-state index in [9.17, 15) is 18.9 Å². The summed E-state index contributed by atoms with van der Waals surface area (Å²) >= 11 is 1.24. The first-order valence-corrected chi connectivity index (χ1v) is 13.3. The molecule has 0 amide bonds. The summed E-state index contributed by atoms with van der Waals surface area (Å²) in [5.41, 5.74) is 4.11. The van der Waals surface area contributed by atoms with Gasteiger partial charge in [0.2, 0.25) is 0 Å². The van der Waals surface area contributed by atoms with Crippen LogP contribution in [0.15, 0.2) is 65.8 Å². The lowest BCUT2D eigenvalue weighted by Crippen LogP contribution is -2.31. The van der Waals surface area contributed by atoms with Crippen molar-refractivity contribution < 1.29 is 18.4 Å². The molecule has 0 N–H and O–H groups in total. The lowest BCUT2D eigenvalue weighted by atomic mass is 9.71. The molecule has 0 bridgehead atoms. The van der Waals surface area contributed by atoms with Gasteiger partial charge in [-0.15, -0.1) is 0 Å². The van der Waals surface area contributed by atoms with Gasteiger partial charge in [-0.05, 0) is 80.6 Å². The standard InChI is InChI=1S/C29H27F2N3O3S/c1-18-16-19(9-14-26(18)37-3)29(2)15-5-7-24-27(29)33(21-12-10-20(30)11-13-21)28(32-24)38-17-22-23(31)6-4-8-25(22)34(35)36/h4,6,8-14,16H,5,7,15,17H2,1-3H3. The zero-order valence-corrected chi connectivity index (χ0v) is 22.1. The van der Waals surface area contributed by atoms with E-state index in [1.807, 2.05) is 17.6 Å². The summed E-state index contributed by atoms with van der Waals surface area (Å²) in [5, 5.41) is 12.1. The van der Waals surface area contributed by atoms with Gasteiger partial charge in [0.05, 0.1) is 29.0 Å². The molecule has 9 heteroatoms. The van der Waals surface area contributed by atoms with E-state index in [0.29, 0.717) is 5.16 Å². The van der Waals surface area contributed by atoms with Crippen LogP contribution < -0.4 is 4.74 Å². The summed E-state index contributed by atoms with van der Waals surface area (Å²) in [6.45, 7) is 4.19. The highest BCUT2D eigenvalue weighted by Gasteiger charge is 2.40. The summed E-state index contributed by atoms with van der Waals surface area (Å²) in [5.74, 6) is -0.149. The van der Waals surface area contributed by atoms with E-state index in [2.05, 4.69) is 19.1 Å². The van der Waals surface area contributed by atoms with E-state index < -0.39 is 16.2 Å². The van der Waals surface area contributed by atoms with Gasteiger partial charge in [0.15, 0.2) is 5.16 Å². The number of hydrogen-bond donors (Lipinski definition) is 0. The second kappa shape index (κ2) is 10.2. The number of rotatable bonds is 7. The van der Waals surface area contributed by atoms with Crippen molar-refractivity contribution in [3.8, 4) is 11.4 Å². The summed E-state index contributed by atoms with van der Waals surface area (Å²) in [6, 6.07) is 16.2.